The lowest BCUT2D eigenvalue weighted by Crippen LogP contribution is -2.04. The van der Waals surface area contributed by atoms with Gasteiger partial charge in [0.1, 0.15) is 5.82 Å². The predicted molar refractivity (Wildman–Crippen MR) is 43.4 cm³/mol. The molecule has 0 aliphatic carbocycles. The molecule has 0 aliphatic rings. The second-order valence-electron chi connectivity index (χ2n) is 2.52. The van der Waals surface area contributed by atoms with E-state index >= 15 is 0 Å². The molecule has 0 unspecified atom stereocenters. The van der Waals surface area contributed by atoms with Gasteiger partial charge < -0.3 is 11.5 Å². The van der Waals surface area contributed by atoms with E-state index in [1.807, 2.05) is 6.92 Å². The van der Waals surface area contributed by atoms with Crippen molar-refractivity contribution in [3.8, 4) is 0 Å². The Labute approximate surface area is 65.0 Å². The first-order valence-corrected chi connectivity index (χ1v) is 3.39. The molecule has 0 saturated carbocycles. The third-order valence-corrected chi connectivity index (χ3v) is 1.58. The molecule has 3 heteroatoms. The highest BCUT2D eigenvalue weighted by Crippen LogP contribution is 2.17. The maximum atomic E-state index is 12.8. The summed E-state index contributed by atoms with van der Waals surface area (Å²) in [5.41, 5.74) is 12.4. The van der Waals surface area contributed by atoms with E-state index in [4.69, 9.17) is 11.5 Å². The van der Waals surface area contributed by atoms with Crippen molar-refractivity contribution in [2.75, 3.05) is 5.73 Å². The number of benzene rings is 1. The van der Waals surface area contributed by atoms with E-state index in [0.29, 0.717) is 5.56 Å². The zero-order valence-electron chi connectivity index (χ0n) is 6.39. The molecule has 0 aliphatic heterocycles. The number of halogens is 1. The van der Waals surface area contributed by atoms with E-state index in [0.717, 1.165) is 5.56 Å². The SMILES string of the molecule is Cc1cc(F)c(N)c(CN)c1. The molecular formula is C8H11FN2. The standard InChI is InChI=1S/C8H11FN2/c1-5-2-6(4-10)8(11)7(9)3-5/h2-3H,4,10-11H2,1H3. The molecule has 0 spiro atoms. The van der Waals surface area contributed by atoms with Gasteiger partial charge in [0.15, 0.2) is 0 Å². The van der Waals surface area contributed by atoms with Crippen LogP contribution in [0.4, 0.5) is 10.1 Å². The molecular weight excluding hydrogens is 143 g/mol. The topological polar surface area (TPSA) is 52.0 Å². The summed E-state index contributed by atoms with van der Waals surface area (Å²) in [5.74, 6) is -0.384. The van der Waals surface area contributed by atoms with Gasteiger partial charge in [-0.2, -0.15) is 0 Å². The lowest BCUT2D eigenvalue weighted by Gasteiger charge is -2.04. The molecule has 0 saturated heterocycles. The maximum Gasteiger partial charge on any atom is 0.146 e. The molecule has 0 amide bonds. The van der Waals surface area contributed by atoms with Crippen LogP contribution in [-0.2, 0) is 6.54 Å². The van der Waals surface area contributed by atoms with Crippen LogP contribution in [0.25, 0.3) is 0 Å². The van der Waals surface area contributed by atoms with Crippen LogP contribution in [-0.4, -0.2) is 0 Å². The Hall–Kier alpha value is -1.09. The van der Waals surface area contributed by atoms with Gasteiger partial charge in [0.05, 0.1) is 5.69 Å². The van der Waals surface area contributed by atoms with Crippen LogP contribution in [0.2, 0.25) is 0 Å². The molecule has 60 valence electrons. The molecule has 0 aromatic heterocycles. The molecule has 1 aromatic rings. The number of aryl methyl sites for hydroxylation is 1. The summed E-state index contributed by atoms with van der Waals surface area (Å²) < 4.78 is 12.8. The monoisotopic (exact) mass is 154 g/mol. The third-order valence-electron chi connectivity index (χ3n) is 1.58. The van der Waals surface area contributed by atoms with Gasteiger partial charge in [0.2, 0.25) is 0 Å². The fraction of sp³-hybridized carbons (Fsp3) is 0.250. The molecule has 0 fully saturated rings. The highest BCUT2D eigenvalue weighted by molar-refractivity contribution is 5.49. The molecule has 0 bridgehead atoms. The van der Waals surface area contributed by atoms with Crippen LogP contribution in [0.15, 0.2) is 12.1 Å². The van der Waals surface area contributed by atoms with Crippen molar-refractivity contribution in [1.29, 1.82) is 0 Å². The van der Waals surface area contributed by atoms with Crippen molar-refractivity contribution >= 4 is 5.69 Å². The second-order valence-corrected chi connectivity index (χ2v) is 2.52. The van der Waals surface area contributed by atoms with E-state index in [-0.39, 0.29) is 18.0 Å². The Morgan fingerprint density at radius 2 is 2.09 bits per heavy atom. The van der Waals surface area contributed by atoms with Gasteiger partial charge in [-0.3, -0.25) is 0 Å². The van der Waals surface area contributed by atoms with Gasteiger partial charge in [-0.25, -0.2) is 4.39 Å². The summed E-state index contributed by atoms with van der Waals surface area (Å²) in [4.78, 5) is 0. The molecule has 1 rings (SSSR count). The van der Waals surface area contributed by atoms with Crippen molar-refractivity contribution in [2.24, 2.45) is 5.73 Å². The highest BCUT2D eigenvalue weighted by Gasteiger charge is 2.03. The van der Waals surface area contributed by atoms with Gasteiger partial charge in [0.25, 0.3) is 0 Å². The number of nitrogen functional groups attached to an aromatic ring is 1. The Balaban J connectivity index is 3.24. The van der Waals surface area contributed by atoms with Crippen molar-refractivity contribution in [2.45, 2.75) is 13.5 Å². The van der Waals surface area contributed by atoms with E-state index in [1.54, 1.807) is 6.07 Å². The molecule has 0 radical (unpaired) electrons. The number of hydrogen-bond acceptors (Lipinski definition) is 2. The van der Waals surface area contributed by atoms with E-state index in [9.17, 15) is 4.39 Å². The van der Waals surface area contributed by atoms with Crippen molar-refractivity contribution in [1.82, 2.24) is 0 Å². The van der Waals surface area contributed by atoms with E-state index in [1.165, 1.54) is 6.07 Å². The molecule has 1 aromatic carbocycles. The van der Waals surface area contributed by atoms with Crippen LogP contribution < -0.4 is 11.5 Å². The Morgan fingerprint density at radius 1 is 1.45 bits per heavy atom. The van der Waals surface area contributed by atoms with Gasteiger partial charge >= 0.3 is 0 Å². The Morgan fingerprint density at radius 3 is 2.64 bits per heavy atom. The normalized spacial score (nSPS) is 10.1. The van der Waals surface area contributed by atoms with Crippen LogP contribution >= 0.6 is 0 Å². The molecule has 4 N–H and O–H groups in total. The molecule has 2 nitrogen and oxygen atoms in total. The van der Waals surface area contributed by atoms with Crippen molar-refractivity contribution in [3.63, 3.8) is 0 Å². The summed E-state index contributed by atoms with van der Waals surface area (Å²) >= 11 is 0. The van der Waals surface area contributed by atoms with Gasteiger partial charge in [0, 0.05) is 6.54 Å². The minimum atomic E-state index is -0.384. The molecule has 11 heavy (non-hydrogen) atoms. The van der Waals surface area contributed by atoms with Crippen LogP contribution in [0.3, 0.4) is 0 Å². The van der Waals surface area contributed by atoms with Crippen molar-refractivity contribution in [3.05, 3.63) is 29.1 Å². The number of rotatable bonds is 1. The first-order chi connectivity index (χ1) is 5.15. The summed E-state index contributed by atoms with van der Waals surface area (Å²) in [6, 6.07) is 3.19. The lowest BCUT2D eigenvalue weighted by atomic mass is 10.1. The molecule has 0 heterocycles. The number of hydrogen-bond donors (Lipinski definition) is 2. The minimum absolute atomic E-state index is 0.165. The third kappa shape index (κ3) is 1.49. The Kier molecular flexibility index (Phi) is 2.10. The maximum absolute atomic E-state index is 12.8. The summed E-state index contributed by atoms with van der Waals surface area (Å²) in [5, 5.41) is 0. The van der Waals surface area contributed by atoms with Gasteiger partial charge in [-0.1, -0.05) is 6.07 Å². The van der Waals surface area contributed by atoms with Gasteiger partial charge in [-0.05, 0) is 24.1 Å². The second kappa shape index (κ2) is 2.88. The minimum Gasteiger partial charge on any atom is -0.396 e. The van der Waals surface area contributed by atoms with Crippen LogP contribution in [0.5, 0.6) is 0 Å². The summed E-state index contributed by atoms with van der Waals surface area (Å²) in [6.07, 6.45) is 0. The van der Waals surface area contributed by atoms with E-state index in [2.05, 4.69) is 0 Å². The summed E-state index contributed by atoms with van der Waals surface area (Å²) in [7, 11) is 0. The first-order valence-electron chi connectivity index (χ1n) is 3.39. The lowest BCUT2D eigenvalue weighted by molar-refractivity contribution is 0.629. The quantitative estimate of drug-likeness (QED) is 0.597. The zero-order chi connectivity index (χ0) is 8.43. The van der Waals surface area contributed by atoms with E-state index < -0.39 is 0 Å². The number of anilines is 1. The first kappa shape index (κ1) is 8.01. The molecule has 0 atom stereocenters. The van der Waals surface area contributed by atoms with Gasteiger partial charge in [-0.15, -0.1) is 0 Å². The fourth-order valence-corrected chi connectivity index (χ4v) is 0.994. The largest absolute Gasteiger partial charge is 0.396 e. The summed E-state index contributed by atoms with van der Waals surface area (Å²) in [6.45, 7) is 2.09. The number of nitrogens with two attached hydrogens (primary N) is 2. The van der Waals surface area contributed by atoms with Crippen LogP contribution in [0, 0.1) is 12.7 Å². The van der Waals surface area contributed by atoms with Crippen molar-refractivity contribution < 1.29 is 4.39 Å². The smallest absolute Gasteiger partial charge is 0.146 e. The Bertz CT molecular complexity index is 271. The fourth-order valence-electron chi connectivity index (χ4n) is 0.994. The predicted octanol–water partition coefficient (Wildman–Crippen LogP) is 1.18. The zero-order valence-corrected chi connectivity index (χ0v) is 6.39. The highest BCUT2D eigenvalue weighted by atomic mass is 19.1. The average molecular weight is 154 g/mol. The average Bonchev–Trinajstić information content (AvgIpc) is 1.96. The van der Waals surface area contributed by atoms with Crippen LogP contribution in [0.1, 0.15) is 11.1 Å².